The molecule has 0 spiro atoms. The van der Waals surface area contributed by atoms with Gasteiger partial charge in [0.25, 0.3) is 0 Å². The van der Waals surface area contributed by atoms with Gasteiger partial charge in [-0.2, -0.15) is 0 Å². The molecule has 0 saturated carbocycles. The van der Waals surface area contributed by atoms with Crippen molar-refractivity contribution in [1.82, 2.24) is 10.2 Å². The van der Waals surface area contributed by atoms with Crippen LogP contribution < -0.4 is 5.32 Å². The molecular formula is C12H18N2OS. The Hall–Kier alpha value is -0.710. The van der Waals surface area contributed by atoms with Gasteiger partial charge in [0.1, 0.15) is 0 Å². The smallest absolute Gasteiger partial charge is 0.186 e. The molecule has 0 unspecified atom stereocenters. The maximum Gasteiger partial charge on any atom is 0.186 e. The SMILES string of the molecule is CN(CC(=O)c1cccs1)[C@H]1CCCNC1. The van der Waals surface area contributed by atoms with Crippen LogP contribution >= 0.6 is 11.3 Å². The van der Waals surface area contributed by atoms with Crippen molar-refractivity contribution in [2.75, 3.05) is 26.7 Å². The second-order valence-corrected chi connectivity index (χ2v) is 5.26. The van der Waals surface area contributed by atoms with Gasteiger partial charge in [-0.25, -0.2) is 0 Å². The summed E-state index contributed by atoms with van der Waals surface area (Å²) in [6, 6.07) is 4.35. The molecule has 0 aromatic carbocycles. The van der Waals surface area contributed by atoms with Crippen molar-refractivity contribution in [3.8, 4) is 0 Å². The fourth-order valence-electron chi connectivity index (χ4n) is 2.08. The zero-order chi connectivity index (χ0) is 11.4. The Labute approximate surface area is 100 Å². The Bertz CT molecular complexity index is 331. The average molecular weight is 238 g/mol. The molecule has 1 atom stereocenters. The summed E-state index contributed by atoms with van der Waals surface area (Å²) >= 11 is 1.53. The van der Waals surface area contributed by atoms with Gasteiger partial charge in [-0.3, -0.25) is 9.69 Å². The highest BCUT2D eigenvalue weighted by molar-refractivity contribution is 7.12. The molecule has 16 heavy (non-hydrogen) atoms. The van der Waals surface area contributed by atoms with Crippen molar-refractivity contribution in [3.63, 3.8) is 0 Å². The van der Waals surface area contributed by atoms with Gasteiger partial charge in [0, 0.05) is 12.6 Å². The Morgan fingerprint density at radius 3 is 3.19 bits per heavy atom. The number of piperidine rings is 1. The monoisotopic (exact) mass is 238 g/mol. The molecule has 0 bridgehead atoms. The van der Waals surface area contributed by atoms with Crippen LogP contribution in [0.25, 0.3) is 0 Å². The van der Waals surface area contributed by atoms with E-state index in [2.05, 4.69) is 10.2 Å². The molecule has 0 amide bonds. The lowest BCUT2D eigenvalue weighted by Crippen LogP contribution is -2.45. The summed E-state index contributed by atoms with van der Waals surface area (Å²) in [6.45, 7) is 2.66. The third kappa shape index (κ3) is 2.90. The number of carbonyl (C=O) groups is 1. The molecule has 3 nitrogen and oxygen atoms in total. The Kier molecular flexibility index (Phi) is 4.09. The van der Waals surface area contributed by atoms with E-state index in [0.29, 0.717) is 12.6 Å². The lowest BCUT2D eigenvalue weighted by molar-refractivity contribution is 0.0911. The van der Waals surface area contributed by atoms with Crippen LogP contribution in [0.4, 0.5) is 0 Å². The van der Waals surface area contributed by atoms with Crippen LogP contribution in [0.1, 0.15) is 22.5 Å². The summed E-state index contributed by atoms with van der Waals surface area (Å²) in [6.07, 6.45) is 2.41. The Balaban J connectivity index is 1.86. The fraction of sp³-hybridized carbons (Fsp3) is 0.583. The number of ketones is 1. The quantitative estimate of drug-likeness (QED) is 0.809. The van der Waals surface area contributed by atoms with E-state index in [0.717, 1.165) is 18.0 Å². The minimum absolute atomic E-state index is 0.239. The first-order chi connectivity index (χ1) is 7.77. The van der Waals surface area contributed by atoms with Gasteiger partial charge in [-0.1, -0.05) is 6.07 Å². The number of carbonyl (C=O) groups excluding carboxylic acids is 1. The number of likely N-dealkylation sites (N-methyl/N-ethyl adjacent to an activating group) is 1. The predicted octanol–water partition coefficient (Wildman–Crippen LogP) is 1.61. The first-order valence-electron chi connectivity index (χ1n) is 5.75. The number of nitrogens with zero attached hydrogens (tertiary/aromatic N) is 1. The fourth-order valence-corrected chi connectivity index (χ4v) is 2.74. The number of hydrogen-bond acceptors (Lipinski definition) is 4. The number of hydrogen-bond donors (Lipinski definition) is 1. The highest BCUT2D eigenvalue weighted by atomic mass is 32.1. The third-order valence-electron chi connectivity index (χ3n) is 3.08. The Morgan fingerprint density at radius 2 is 2.56 bits per heavy atom. The molecule has 1 aromatic rings. The van der Waals surface area contributed by atoms with Gasteiger partial charge in [-0.05, 0) is 37.9 Å². The molecule has 2 heterocycles. The van der Waals surface area contributed by atoms with Crippen LogP contribution in [0.15, 0.2) is 17.5 Å². The molecule has 1 aliphatic heterocycles. The van der Waals surface area contributed by atoms with E-state index in [1.54, 1.807) is 0 Å². The van der Waals surface area contributed by atoms with E-state index < -0.39 is 0 Å². The van der Waals surface area contributed by atoms with E-state index in [1.807, 2.05) is 24.6 Å². The van der Waals surface area contributed by atoms with E-state index in [1.165, 1.54) is 24.2 Å². The number of thiophene rings is 1. The van der Waals surface area contributed by atoms with E-state index >= 15 is 0 Å². The van der Waals surface area contributed by atoms with Crippen LogP contribution in [-0.2, 0) is 0 Å². The first kappa shape index (κ1) is 11.8. The molecule has 1 saturated heterocycles. The molecule has 0 radical (unpaired) electrons. The summed E-state index contributed by atoms with van der Waals surface area (Å²) < 4.78 is 0. The van der Waals surface area contributed by atoms with Crippen molar-refractivity contribution in [2.24, 2.45) is 0 Å². The third-order valence-corrected chi connectivity index (χ3v) is 3.99. The highest BCUT2D eigenvalue weighted by Gasteiger charge is 2.20. The lowest BCUT2D eigenvalue weighted by Gasteiger charge is -2.31. The normalized spacial score (nSPS) is 21.2. The van der Waals surface area contributed by atoms with Crippen molar-refractivity contribution >= 4 is 17.1 Å². The largest absolute Gasteiger partial charge is 0.315 e. The van der Waals surface area contributed by atoms with Crippen molar-refractivity contribution in [3.05, 3.63) is 22.4 Å². The summed E-state index contributed by atoms with van der Waals surface area (Å²) in [5.74, 6) is 0.239. The molecule has 1 fully saturated rings. The molecular weight excluding hydrogens is 220 g/mol. The van der Waals surface area contributed by atoms with Gasteiger partial charge < -0.3 is 5.32 Å². The number of nitrogens with one attached hydrogen (secondary N) is 1. The maximum atomic E-state index is 11.9. The van der Waals surface area contributed by atoms with Crippen molar-refractivity contribution in [2.45, 2.75) is 18.9 Å². The minimum atomic E-state index is 0.239. The molecule has 0 aliphatic carbocycles. The maximum absolute atomic E-state index is 11.9. The topological polar surface area (TPSA) is 32.3 Å². The predicted molar refractivity (Wildman–Crippen MR) is 67.2 cm³/mol. The summed E-state index contributed by atoms with van der Waals surface area (Å²) in [5, 5.41) is 5.33. The zero-order valence-electron chi connectivity index (χ0n) is 9.61. The van der Waals surface area contributed by atoms with Crippen LogP contribution in [0.5, 0.6) is 0 Å². The van der Waals surface area contributed by atoms with Crippen LogP contribution in [0, 0.1) is 0 Å². The Morgan fingerprint density at radius 1 is 1.69 bits per heavy atom. The standard InChI is InChI=1S/C12H18N2OS/c1-14(10-4-2-6-13-8-10)9-11(15)12-5-3-7-16-12/h3,5,7,10,13H,2,4,6,8-9H2,1H3/t10-/m0/s1. The lowest BCUT2D eigenvalue weighted by atomic mass is 10.1. The first-order valence-corrected chi connectivity index (χ1v) is 6.63. The number of rotatable bonds is 4. The van der Waals surface area contributed by atoms with E-state index in [4.69, 9.17) is 0 Å². The summed E-state index contributed by atoms with van der Waals surface area (Å²) in [4.78, 5) is 15.0. The molecule has 2 rings (SSSR count). The molecule has 1 aliphatic rings. The second-order valence-electron chi connectivity index (χ2n) is 4.32. The van der Waals surface area contributed by atoms with Gasteiger partial charge >= 0.3 is 0 Å². The van der Waals surface area contributed by atoms with Gasteiger partial charge in [0.05, 0.1) is 11.4 Å². The number of Topliss-reactive ketones (excluding diaryl/α,β-unsaturated/α-hetero) is 1. The van der Waals surface area contributed by atoms with Crippen molar-refractivity contribution in [1.29, 1.82) is 0 Å². The highest BCUT2D eigenvalue weighted by Crippen LogP contribution is 2.13. The summed E-state index contributed by atoms with van der Waals surface area (Å²) in [7, 11) is 2.04. The van der Waals surface area contributed by atoms with Gasteiger partial charge in [-0.15, -0.1) is 11.3 Å². The average Bonchev–Trinajstić information content (AvgIpc) is 2.83. The molecule has 1 aromatic heterocycles. The van der Waals surface area contributed by atoms with Crippen LogP contribution in [0.2, 0.25) is 0 Å². The second kappa shape index (κ2) is 5.57. The van der Waals surface area contributed by atoms with Crippen LogP contribution in [0.3, 0.4) is 0 Å². The van der Waals surface area contributed by atoms with E-state index in [9.17, 15) is 4.79 Å². The summed E-state index contributed by atoms with van der Waals surface area (Å²) in [5.41, 5.74) is 0. The van der Waals surface area contributed by atoms with Crippen molar-refractivity contribution < 1.29 is 4.79 Å². The van der Waals surface area contributed by atoms with E-state index in [-0.39, 0.29) is 5.78 Å². The molecule has 1 N–H and O–H groups in total. The molecule has 88 valence electrons. The van der Waals surface area contributed by atoms with Gasteiger partial charge in [0.15, 0.2) is 5.78 Å². The minimum Gasteiger partial charge on any atom is -0.315 e. The van der Waals surface area contributed by atoms with Gasteiger partial charge in [0.2, 0.25) is 0 Å². The zero-order valence-corrected chi connectivity index (χ0v) is 10.4. The van der Waals surface area contributed by atoms with Crippen LogP contribution in [-0.4, -0.2) is 43.4 Å². The molecule has 4 heteroatoms.